The first kappa shape index (κ1) is 18.0. The third kappa shape index (κ3) is 3.19. The number of aliphatic imine (C=N–C) groups is 1. The summed E-state index contributed by atoms with van der Waals surface area (Å²) >= 11 is 0. The highest BCUT2D eigenvalue weighted by molar-refractivity contribution is 6.11. The van der Waals surface area contributed by atoms with Crippen molar-refractivity contribution in [1.29, 1.82) is 0 Å². The van der Waals surface area contributed by atoms with Crippen molar-refractivity contribution in [1.82, 2.24) is 9.88 Å². The standard InChI is InChI=1S/C21H22N4O3/c1-13(2)28-17-7-6-15-19(20(17)27-3)24-18(25-10-9-23-21(15)25)11-16(26)14-5-4-8-22-12-14/h4-8,11-13,24H,9-10H2,1-3H3/b18-11+. The molecule has 4 rings (SSSR count). The first-order valence-corrected chi connectivity index (χ1v) is 9.21. The number of pyridine rings is 1. The van der Waals surface area contributed by atoms with Crippen molar-refractivity contribution in [3.05, 3.63) is 59.7 Å². The van der Waals surface area contributed by atoms with Gasteiger partial charge >= 0.3 is 0 Å². The number of anilines is 1. The molecule has 2 aromatic rings. The van der Waals surface area contributed by atoms with Crippen LogP contribution in [0.5, 0.6) is 11.5 Å². The van der Waals surface area contributed by atoms with E-state index in [0.29, 0.717) is 36.0 Å². The number of benzene rings is 1. The van der Waals surface area contributed by atoms with Crippen LogP contribution in [0.4, 0.5) is 5.69 Å². The first-order chi connectivity index (χ1) is 13.6. The summed E-state index contributed by atoms with van der Waals surface area (Å²) in [5.74, 6) is 2.61. The molecule has 1 aromatic carbocycles. The fourth-order valence-electron chi connectivity index (χ4n) is 3.36. The largest absolute Gasteiger partial charge is 0.491 e. The molecule has 1 aromatic heterocycles. The predicted molar refractivity (Wildman–Crippen MR) is 107 cm³/mol. The van der Waals surface area contributed by atoms with Gasteiger partial charge in [-0.25, -0.2) is 0 Å². The Morgan fingerprint density at radius 1 is 1.32 bits per heavy atom. The van der Waals surface area contributed by atoms with E-state index in [-0.39, 0.29) is 11.9 Å². The van der Waals surface area contributed by atoms with Crippen LogP contribution in [0.2, 0.25) is 0 Å². The smallest absolute Gasteiger partial charge is 0.191 e. The van der Waals surface area contributed by atoms with Gasteiger partial charge in [0.15, 0.2) is 17.3 Å². The summed E-state index contributed by atoms with van der Waals surface area (Å²) < 4.78 is 11.5. The van der Waals surface area contributed by atoms with Gasteiger partial charge in [0.25, 0.3) is 0 Å². The van der Waals surface area contributed by atoms with Crippen molar-refractivity contribution in [3.8, 4) is 11.5 Å². The van der Waals surface area contributed by atoms with Crippen LogP contribution in [-0.2, 0) is 0 Å². The highest BCUT2D eigenvalue weighted by atomic mass is 16.5. The molecular weight excluding hydrogens is 356 g/mol. The lowest BCUT2D eigenvalue weighted by atomic mass is 10.1. The maximum Gasteiger partial charge on any atom is 0.191 e. The van der Waals surface area contributed by atoms with Gasteiger partial charge in [-0.1, -0.05) is 0 Å². The van der Waals surface area contributed by atoms with Crippen LogP contribution in [-0.4, -0.2) is 47.8 Å². The van der Waals surface area contributed by atoms with Crippen molar-refractivity contribution >= 4 is 17.3 Å². The number of hydrogen-bond donors (Lipinski definition) is 1. The summed E-state index contributed by atoms with van der Waals surface area (Å²) in [6, 6.07) is 7.36. The first-order valence-electron chi connectivity index (χ1n) is 9.21. The third-order valence-electron chi connectivity index (χ3n) is 4.53. The number of ketones is 1. The average molecular weight is 378 g/mol. The molecule has 7 nitrogen and oxygen atoms in total. The number of nitrogens with zero attached hydrogens (tertiary/aromatic N) is 3. The minimum absolute atomic E-state index is 0.0121. The lowest BCUT2D eigenvalue weighted by Crippen LogP contribution is -2.36. The van der Waals surface area contributed by atoms with E-state index in [2.05, 4.69) is 15.3 Å². The zero-order valence-electron chi connectivity index (χ0n) is 16.1. The fourth-order valence-corrected chi connectivity index (χ4v) is 3.36. The molecule has 28 heavy (non-hydrogen) atoms. The van der Waals surface area contributed by atoms with Gasteiger partial charge in [0.2, 0.25) is 0 Å². The maximum absolute atomic E-state index is 12.7. The van der Waals surface area contributed by atoms with Crippen LogP contribution < -0.4 is 14.8 Å². The molecule has 2 aliphatic rings. The van der Waals surface area contributed by atoms with Gasteiger partial charge in [-0.15, -0.1) is 0 Å². The number of fused-ring (bicyclic) bond motifs is 3. The highest BCUT2D eigenvalue weighted by Gasteiger charge is 2.33. The molecule has 0 amide bonds. The normalized spacial score (nSPS) is 16.4. The minimum atomic E-state index is -0.126. The number of aromatic nitrogens is 1. The Kier molecular flexibility index (Phi) is 4.73. The van der Waals surface area contributed by atoms with Crippen LogP contribution in [0.3, 0.4) is 0 Å². The average Bonchev–Trinajstić information content (AvgIpc) is 3.18. The molecule has 2 aliphatic heterocycles. The quantitative estimate of drug-likeness (QED) is 0.637. The van der Waals surface area contributed by atoms with E-state index < -0.39 is 0 Å². The molecule has 0 saturated carbocycles. The highest BCUT2D eigenvalue weighted by Crippen LogP contribution is 2.43. The molecule has 0 spiro atoms. The number of hydrogen-bond acceptors (Lipinski definition) is 7. The van der Waals surface area contributed by atoms with E-state index in [0.717, 1.165) is 17.1 Å². The van der Waals surface area contributed by atoms with Gasteiger partial charge in [0.05, 0.1) is 25.4 Å². The van der Waals surface area contributed by atoms with E-state index in [1.165, 1.54) is 0 Å². The van der Waals surface area contributed by atoms with Gasteiger partial charge < -0.3 is 19.7 Å². The molecule has 1 N–H and O–H groups in total. The van der Waals surface area contributed by atoms with Crippen molar-refractivity contribution < 1.29 is 14.3 Å². The molecule has 0 radical (unpaired) electrons. The lowest BCUT2D eigenvalue weighted by molar-refractivity contribution is 0.104. The molecule has 7 heteroatoms. The molecule has 144 valence electrons. The van der Waals surface area contributed by atoms with Crippen LogP contribution >= 0.6 is 0 Å². The van der Waals surface area contributed by atoms with Crippen LogP contribution in [0, 0.1) is 0 Å². The Morgan fingerprint density at radius 3 is 2.89 bits per heavy atom. The topological polar surface area (TPSA) is 76.1 Å². The van der Waals surface area contributed by atoms with E-state index in [4.69, 9.17) is 9.47 Å². The Hall–Kier alpha value is -3.35. The Bertz CT molecular complexity index is 967. The summed E-state index contributed by atoms with van der Waals surface area (Å²) in [5.41, 5.74) is 2.21. The van der Waals surface area contributed by atoms with Crippen molar-refractivity contribution in [2.45, 2.75) is 20.0 Å². The third-order valence-corrected chi connectivity index (χ3v) is 4.53. The molecule has 0 fully saturated rings. The Morgan fingerprint density at radius 2 is 2.18 bits per heavy atom. The summed E-state index contributed by atoms with van der Waals surface area (Å²) in [6.07, 6.45) is 4.80. The number of methoxy groups -OCH3 is 1. The van der Waals surface area contributed by atoms with Crippen LogP contribution in [0.1, 0.15) is 29.8 Å². The van der Waals surface area contributed by atoms with Gasteiger partial charge in [-0.3, -0.25) is 14.8 Å². The summed E-state index contributed by atoms with van der Waals surface area (Å²) in [6.45, 7) is 5.31. The number of rotatable bonds is 5. The van der Waals surface area contributed by atoms with Crippen LogP contribution in [0.15, 0.2) is 53.5 Å². The zero-order valence-corrected chi connectivity index (χ0v) is 16.1. The number of amidine groups is 1. The van der Waals surface area contributed by atoms with Crippen molar-refractivity contribution in [3.63, 3.8) is 0 Å². The molecule has 3 heterocycles. The molecule has 0 saturated heterocycles. The molecular formula is C21H22N4O3. The lowest BCUT2D eigenvalue weighted by Gasteiger charge is -2.32. The van der Waals surface area contributed by atoms with E-state index >= 15 is 0 Å². The fraction of sp³-hybridized carbons (Fsp3) is 0.286. The maximum atomic E-state index is 12.7. The molecule has 0 atom stereocenters. The van der Waals surface area contributed by atoms with Crippen LogP contribution in [0.25, 0.3) is 0 Å². The number of carbonyl (C=O) groups excluding carboxylic acids is 1. The van der Waals surface area contributed by atoms with Crippen molar-refractivity contribution in [2.75, 3.05) is 25.5 Å². The Labute approximate surface area is 163 Å². The second-order valence-corrected chi connectivity index (χ2v) is 6.80. The minimum Gasteiger partial charge on any atom is -0.491 e. The van der Waals surface area contributed by atoms with Gasteiger partial charge in [-0.05, 0) is 38.1 Å². The van der Waals surface area contributed by atoms with Gasteiger partial charge in [0, 0.05) is 36.1 Å². The van der Waals surface area contributed by atoms with Crippen molar-refractivity contribution in [2.24, 2.45) is 4.99 Å². The number of nitrogens with one attached hydrogen (secondary N) is 1. The molecule has 0 aliphatic carbocycles. The second-order valence-electron chi connectivity index (χ2n) is 6.80. The van der Waals surface area contributed by atoms with E-state index in [1.807, 2.05) is 30.9 Å². The summed E-state index contributed by atoms with van der Waals surface area (Å²) in [5, 5.41) is 3.36. The Balaban J connectivity index is 1.77. The van der Waals surface area contributed by atoms with Gasteiger partial charge in [0.1, 0.15) is 11.7 Å². The SMILES string of the molecule is COc1c(OC(C)C)ccc2c1N/C(=C\C(=O)c1cccnc1)N1CCN=C21. The molecule has 0 unspecified atom stereocenters. The summed E-state index contributed by atoms with van der Waals surface area (Å²) in [7, 11) is 1.61. The van der Waals surface area contributed by atoms with E-state index in [9.17, 15) is 4.79 Å². The number of allylic oxidation sites excluding steroid dienone is 1. The van der Waals surface area contributed by atoms with Gasteiger partial charge in [-0.2, -0.15) is 0 Å². The number of carbonyl (C=O) groups is 1. The summed E-state index contributed by atoms with van der Waals surface area (Å²) in [4.78, 5) is 23.4. The predicted octanol–water partition coefficient (Wildman–Crippen LogP) is 3.09. The zero-order chi connectivity index (χ0) is 19.7. The van der Waals surface area contributed by atoms with E-state index in [1.54, 1.807) is 37.7 Å². The number of ether oxygens (including phenoxy) is 2. The monoisotopic (exact) mass is 378 g/mol. The second kappa shape index (κ2) is 7.34. The molecule has 0 bridgehead atoms.